The summed E-state index contributed by atoms with van der Waals surface area (Å²) in [6.45, 7) is 40.4. The smallest absolute Gasteiger partial charge is 0.229 e. The lowest BCUT2D eigenvalue weighted by Gasteiger charge is -2.55. The summed E-state index contributed by atoms with van der Waals surface area (Å²) in [4.78, 5) is 34.4. The average molecular weight is 857 g/mol. The summed E-state index contributed by atoms with van der Waals surface area (Å²) in [5.74, 6) is 3.16. The van der Waals surface area contributed by atoms with E-state index in [4.69, 9.17) is 19.6 Å². The van der Waals surface area contributed by atoms with Crippen molar-refractivity contribution in [2.45, 2.75) is 247 Å². The molecule has 2 aliphatic rings. The van der Waals surface area contributed by atoms with Crippen LogP contribution in [0.1, 0.15) is 213 Å². The Balaban J connectivity index is 1.93. The van der Waals surface area contributed by atoms with E-state index >= 15 is 0 Å². The van der Waals surface area contributed by atoms with E-state index in [9.17, 15) is 0 Å². The highest BCUT2D eigenvalue weighted by molar-refractivity contribution is 5.56. The van der Waals surface area contributed by atoms with Gasteiger partial charge in [-0.2, -0.15) is 20.1 Å². The number of piperidine rings is 2. The predicted octanol–water partition coefficient (Wildman–Crippen LogP) is 12.3. The number of rotatable bonds is 30. The van der Waals surface area contributed by atoms with Crippen LogP contribution in [0.4, 0.5) is 17.6 Å². The zero-order valence-electron chi connectivity index (χ0n) is 43.0. The molecule has 0 aliphatic carbocycles. The van der Waals surface area contributed by atoms with E-state index in [1.54, 1.807) is 0 Å². The molecule has 0 amide bonds. The van der Waals surface area contributed by atoms with Gasteiger partial charge in [0, 0.05) is 73.0 Å². The van der Waals surface area contributed by atoms with Crippen molar-refractivity contribution >= 4 is 17.6 Å². The summed E-state index contributed by atoms with van der Waals surface area (Å²) in [5, 5.41) is 4.65. The van der Waals surface area contributed by atoms with Crippen LogP contribution in [0.25, 0.3) is 0 Å². The molecule has 0 spiro atoms. The first-order valence-corrected chi connectivity index (χ1v) is 25.6. The van der Waals surface area contributed by atoms with Gasteiger partial charge in [0.1, 0.15) is 11.6 Å². The van der Waals surface area contributed by atoms with E-state index in [2.05, 4.69) is 140 Å². The summed E-state index contributed by atoms with van der Waals surface area (Å²) in [7, 11) is 2.36. The summed E-state index contributed by atoms with van der Waals surface area (Å²) >= 11 is 0. The average Bonchev–Trinajstić information content (AvgIpc) is 3.18. The first-order chi connectivity index (χ1) is 28.9. The third-order valence-corrected chi connectivity index (χ3v) is 13.4. The minimum Gasteiger partial charge on any atom is -0.356 e. The highest BCUT2D eigenvalue weighted by Crippen LogP contribution is 2.43. The van der Waals surface area contributed by atoms with E-state index in [0.717, 1.165) is 128 Å². The van der Waals surface area contributed by atoms with Gasteiger partial charge in [-0.25, -0.2) is 0 Å². The lowest BCUT2D eigenvalue weighted by Crippen LogP contribution is -2.64. The molecule has 10 nitrogen and oxygen atoms in total. The van der Waals surface area contributed by atoms with Crippen molar-refractivity contribution in [1.82, 2.24) is 25.0 Å². The van der Waals surface area contributed by atoms with Gasteiger partial charge in [0.2, 0.25) is 5.95 Å². The second-order valence-corrected chi connectivity index (χ2v) is 21.5. The molecule has 2 aliphatic heterocycles. The number of hydrogen-bond donors (Lipinski definition) is 0. The van der Waals surface area contributed by atoms with Gasteiger partial charge in [-0.05, 0) is 146 Å². The van der Waals surface area contributed by atoms with Crippen molar-refractivity contribution in [3.05, 3.63) is 6.07 Å². The van der Waals surface area contributed by atoms with E-state index < -0.39 is 0 Å². The van der Waals surface area contributed by atoms with Crippen LogP contribution in [0.15, 0.2) is 6.07 Å². The zero-order valence-corrected chi connectivity index (χ0v) is 43.0. The molecule has 1 aromatic heterocycles. The van der Waals surface area contributed by atoms with Gasteiger partial charge in [-0.15, -0.1) is 0 Å². The lowest BCUT2D eigenvalue weighted by molar-refractivity contribution is -0.287. The first kappa shape index (κ1) is 53.6. The standard InChI is InChI=1S/C51H100N8O2/c1-16-22-31-55(32-23-17-2)45-38-46(53-47(52-45)56(33-24-18-3)34-25-19-4)57(44-41-50(11,12)59(61-37-21-6)51(13,14)42-44)35-29-27-26-28-30-54(15)43-39-48(7,8)58(60-36-20-5)49(9,10)40-43/h38,43-44H,16-37,39-42H2,1-15H3. The van der Waals surface area contributed by atoms with Gasteiger partial charge >= 0.3 is 0 Å². The number of nitrogens with zero attached hydrogens (tertiary/aromatic N) is 8. The van der Waals surface area contributed by atoms with Crippen molar-refractivity contribution in [2.75, 3.05) is 74.2 Å². The van der Waals surface area contributed by atoms with Crippen LogP contribution in [-0.4, -0.2) is 119 Å². The van der Waals surface area contributed by atoms with Crippen molar-refractivity contribution in [2.24, 2.45) is 0 Å². The summed E-state index contributed by atoms with van der Waals surface area (Å²) in [5.41, 5.74) is -0.221. The Morgan fingerprint density at radius 3 is 1.31 bits per heavy atom. The molecule has 3 rings (SSSR count). The number of unbranched alkanes of at least 4 members (excludes halogenated alkanes) is 7. The van der Waals surface area contributed by atoms with Gasteiger partial charge in [-0.3, -0.25) is 9.68 Å². The Morgan fingerprint density at radius 1 is 0.492 bits per heavy atom. The molecule has 0 bridgehead atoms. The molecule has 1 aromatic rings. The normalized spacial score (nSPS) is 19.5. The Hall–Kier alpha value is -1.72. The van der Waals surface area contributed by atoms with Gasteiger partial charge in [0.25, 0.3) is 0 Å². The molecule has 2 fully saturated rings. The van der Waals surface area contributed by atoms with Crippen LogP contribution in [-0.2, 0) is 9.68 Å². The van der Waals surface area contributed by atoms with E-state index in [-0.39, 0.29) is 22.2 Å². The quantitative estimate of drug-likeness (QED) is 0.0699. The highest BCUT2D eigenvalue weighted by atomic mass is 16.7. The number of hydrogen-bond acceptors (Lipinski definition) is 10. The summed E-state index contributed by atoms with van der Waals surface area (Å²) in [6, 6.07) is 3.28. The van der Waals surface area contributed by atoms with Gasteiger partial charge in [-0.1, -0.05) is 80.1 Å². The molecular weight excluding hydrogens is 757 g/mol. The second-order valence-electron chi connectivity index (χ2n) is 21.5. The van der Waals surface area contributed by atoms with E-state index in [1.807, 2.05) is 0 Å². The van der Waals surface area contributed by atoms with Crippen molar-refractivity contribution in [1.29, 1.82) is 0 Å². The fourth-order valence-electron chi connectivity index (χ4n) is 10.6. The van der Waals surface area contributed by atoms with Crippen LogP contribution < -0.4 is 14.7 Å². The maximum atomic E-state index is 6.54. The topological polar surface area (TPSA) is 63.7 Å². The fraction of sp³-hybridized carbons (Fsp3) is 0.922. The molecule has 10 heteroatoms. The second kappa shape index (κ2) is 25.7. The van der Waals surface area contributed by atoms with E-state index in [0.29, 0.717) is 12.1 Å². The molecule has 0 radical (unpaired) electrons. The van der Waals surface area contributed by atoms with Crippen molar-refractivity contribution in [3.8, 4) is 0 Å². The molecule has 0 saturated carbocycles. The maximum absolute atomic E-state index is 6.54. The molecule has 2 saturated heterocycles. The molecule has 0 unspecified atom stereocenters. The lowest BCUT2D eigenvalue weighted by atomic mass is 9.78. The zero-order chi connectivity index (χ0) is 45.3. The number of anilines is 3. The maximum Gasteiger partial charge on any atom is 0.229 e. The monoisotopic (exact) mass is 857 g/mol. The molecule has 61 heavy (non-hydrogen) atoms. The minimum absolute atomic E-state index is 0.00744. The third kappa shape index (κ3) is 16.0. The molecule has 0 N–H and O–H groups in total. The Labute approximate surface area is 378 Å². The van der Waals surface area contributed by atoms with Crippen LogP contribution in [0.5, 0.6) is 0 Å². The minimum atomic E-state index is -0.118. The molecular formula is C51H100N8O2. The number of hydroxylamine groups is 4. The molecule has 0 aromatic carbocycles. The van der Waals surface area contributed by atoms with Crippen molar-refractivity contribution in [3.63, 3.8) is 0 Å². The van der Waals surface area contributed by atoms with Crippen LogP contribution in [0.2, 0.25) is 0 Å². The highest BCUT2D eigenvalue weighted by Gasteiger charge is 2.49. The van der Waals surface area contributed by atoms with Crippen LogP contribution in [0, 0.1) is 0 Å². The summed E-state index contributed by atoms with van der Waals surface area (Å²) < 4.78 is 0. The van der Waals surface area contributed by atoms with Crippen LogP contribution >= 0.6 is 0 Å². The van der Waals surface area contributed by atoms with Gasteiger partial charge < -0.3 is 19.6 Å². The fourth-order valence-corrected chi connectivity index (χ4v) is 10.6. The Kier molecular flexibility index (Phi) is 22.6. The van der Waals surface area contributed by atoms with Gasteiger partial charge in [0.15, 0.2) is 0 Å². The Morgan fingerprint density at radius 2 is 0.885 bits per heavy atom. The first-order valence-electron chi connectivity index (χ1n) is 25.6. The number of aromatic nitrogens is 2. The predicted molar refractivity (Wildman–Crippen MR) is 263 cm³/mol. The largest absolute Gasteiger partial charge is 0.356 e. The molecule has 356 valence electrons. The van der Waals surface area contributed by atoms with Crippen LogP contribution in [0.3, 0.4) is 0 Å². The Bertz CT molecular complexity index is 1260. The molecule has 0 atom stereocenters. The van der Waals surface area contributed by atoms with Crippen molar-refractivity contribution < 1.29 is 9.68 Å². The molecule has 3 heterocycles. The van der Waals surface area contributed by atoms with Gasteiger partial charge in [0.05, 0.1) is 13.2 Å². The SMILES string of the molecule is CCCCN(CCCC)c1cc(N(CCCCCCN(C)C2CC(C)(C)N(OCCC)C(C)(C)C2)C2CC(C)(C)N(OCCC)C(C)(C)C2)nc(N(CCCC)CCCC)n1. The summed E-state index contributed by atoms with van der Waals surface area (Å²) in [6.07, 6.45) is 20.6. The van der Waals surface area contributed by atoms with E-state index in [1.165, 1.54) is 57.8 Å². The third-order valence-electron chi connectivity index (χ3n) is 13.4.